The molecule has 4 rings (SSSR count). The van der Waals surface area contributed by atoms with Gasteiger partial charge in [-0.15, -0.1) is 0 Å². The Labute approximate surface area is 154 Å². The van der Waals surface area contributed by atoms with Crippen molar-refractivity contribution in [3.05, 3.63) is 77.8 Å². The van der Waals surface area contributed by atoms with Crippen molar-refractivity contribution in [2.24, 2.45) is 0 Å². The van der Waals surface area contributed by atoms with Gasteiger partial charge in [0.15, 0.2) is 0 Å². The molecule has 0 aliphatic carbocycles. The van der Waals surface area contributed by atoms with Gasteiger partial charge in [0, 0.05) is 23.0 Å². The number of nitrogens with zero attached hydrogens (tertiary/aromatic N) is 3. The third-order valence-electron chi connectivity index (χ3n) is 4.14. The maximum absolute atomic E-state index is 8.89. The van der Waals surface area contributed by atoms with Gasteiger partial charge in [-0.05, 0) is 48.0 Å². The molecule has 7 heteroatoms. The standard InChI is InChI=1S/C19H14ClN5O/c20-18-15(5-2-8-22-18)12-3-1-4-14(9-12)25-11-23-16-10-13(19(21)24-26)6-7-17(16)25/h1-11,26H,(H2,21,24). The Balaban J connectivity index is 1.80. The van der Waals surface area contributed by atoms with Crippen molar-refractivity contribution in [2.75, 3.05) is 0 Å². The summed E-state index contributed by atoms with van der Waals surface area (Å²) in [6, 6.07) is 17.1. The van der Waals surface area contributed by atoms with E-state index in [0.717, 1.165) is 27.8 Å². The van der Waals surface area contributed by atoms with Gasteiger partial charge in [-0.3, -0.25) is 20.7 Å². The molecule has 26 heavy (non-hydrogen) atoms. The smallest absolute Gasteiger partial charge is 0.149 e. The first-order chi connectivity index (χ1) is 12.7. The largest absolute Gasteiger partial charge is 0.299 e. The first kappa shape index (κ1) is 16.3. The van der Waals surface area contributed by atoms with Crippen LogP contribution in [0.2, 0.25) is 5.15 Å². The summed E-state index contributed by atoms with van der Waals surface area (Å²) in [6.45, 7) is 0. The molecule has 0 bridgehead atoms. The van der Waals surface area contributed by atoms with Crippen molar-refractivity contribution in [2.45, 2.75) is 0 Å². The van der Waals surface area contributed by atoms with E-state index in [-0.39, 0.29) is 5.84 Å². The Kier molecular flexibility index (Phi) is 4.12. The van der Waals surface area contributed by atoms with E-state index in [4.69, 9.17) is 22.2 Å². The maximum Gasteiger partial charge on any atom is 0.149 e. The highest BCUT2D eigenvalue weighted by molar-refractivity contribution is 6.32. The number of amidine groups is 1. The molecule has 0 saturated heterocycles. The molecule has 4 aromatic rings. The molecule has 6 nitrogen and oxygen atoms in total. The van der Waals surface area contributed by atoms with Crippen LogP contribution in [-0.2, 0) is 0 Å². The van der Waals surface area contributed by atoms with Crippen molar-refractivity contribution in [1.82, 2.24) is 20.0 Å². The number of aromatic nitrogens is 3. The average Bonchev–Trinajstić information content (AvgIpc) is 3.11. The van der Waals surface area contributed by atoms with Crippen molar-refractivity contribution >= 4 is 28.5 Å². The predicted octanol–water partition coefficient (Wildman–Crippen LogP) is 4.05. The molecule has 0 amide bonds. The molecule has 0 atom stereocenters. The number of rotatable bonds is 3. The number of hydrogen-bond donors (Lipinski definition) is 3. The molecule has 0 aliphatic heterocycles. The zero-order chi connectivity index (χ0) is 18.1. The number of fused-ring (bicyclic) bond motifs is 1. The Hall–Kier alpha value is -3.22. The van der Waals surface area contributed by atoms with E-state index in [1.165, 1.54) is 0 Å². The summed E-state index contributed by atoms with van der Waals surface area (Å²) < 4.78 is 1.96. The fraction of sp³-hybridized carbons (Fsp3) is 0. The Morgan fingerprint density at radius 1 is 1.08 bits per heavy atom. The van der Waals surface area contributed by atoms with Gasteiger partial charge in [0.25, 0.3) is 0 Å². The first-order valence-corrected chi connectivity index (χ1v) is 8.22. The minimum Gasteiger partial charge on any atom is -0.299 e. The molecule has 0 unspecified atom stereocenters. The lowest BCUT2D eigenvalue weighted by Crippen LogP contribution is -2.18. The molecule has 2 heterocycles. The number of halogens is 1. The van der Waals surface area contributed by atoms with Crippen molar-refractivity contribution in [1.29, 1.82) is 5.41 Å². The monoisotopic (exact) mass is 363 g/mol. The molecule has 128 valence electrons. The molecular formula is C19H14ClN5O. The summed E-state index contributed by atoms with van der Waals surface area (Å²) in [6.07, 6.45) is 3.39. The highest BCUT2D eigenvalue weighted by Crippen LogP contribution is 2.28. The van der Waals surface area contributed by atoms with Crippen LogP contribution in [-0.4, -0.2) is 25.6 Å². The van der Waals surface area contributed by atoms with Gasteiger partial charge in [-0.1, -0.05) is 23.7 Å². The average molecular weight is 364 g/mol. The van der Waals surface area contributed by atoms with E-state index in [2.05, 4.69) is 9.97 Å². The molecule has 0 spiro atoms. The number of hydrogen-bond acceptors (Lipinski definition) is 4. The predicted molar refractivity (Wildman–Crippen MR) is 101 cm³/mol. The molecule has 2 aromatic carbocycles. The van der Waals surface area contributed by atoms with Gasteiger partial charge >= 0.3 is 0 Å². The summed E-state index contributed by atoms with van der Waals surface area (Å²) in [5.74, 6) is -0.0744. The molecule has 3 N–H and O–H groups in total. The summed E-state index contributed by atoms with van der Waals surface area (Å²) in [5.41, 5.74) is 6.80. The Morgan fingerprint density at radius 3 is 2.77 bits per heavy atom. The van der Waals surface area contributed by atoms with Crippen LogP contribution < -0.4 is 5.48 Å². The fourth-order valence-electron chi connectivity index (χ4n) is 2.86. The fourth-order valence-corrected chi connectivity index (χ4v) is 3.09. The van der Waals surface area contributed by atoms with Gasteiger partial charge in [0.2, 0.25) is 0 Å². The first-order valence-electron chi connectivity index (χ1n) is 7.85. The van der Waals surface area contributed by atoms with E-state index in [1.54, 1.807) is 24.7 Å². The molecule has 0 aliphatic rings. The number of pyridine rings is 1. The van der Waals surface area contributed by atoms with Crippen LogP contribution in [0.1, 0.15) is 5.56 Å². The van der Waals surface area contributed by atoms with E-state index in [1.807, 2.05) is 52.5 Å². The maximum atomic E-state index is 8.89. The lowest BCUT2D eigenvalue weighted by atomic mass is 10.1. The number of imidazole rings is 1. The van der Waals surface area contributed by atoms with E-state index in [9.17, 15) is 0 Å². The van der Waals surface area contributed by atoms with Crippen molar-refractivity contribution < 1.29 is 5.21 Å². The molecular weight excluding hydrogens is 350 g/mol. The minimum atomic E-state index is -0.0744. The van der Waals surface area contributed by atoms with Crippen LogP contribution in [0.25, 0.3) is 27.8 Å². The summed E-state index contributed by atoms with van der Waals surface area (Å²) >= 11 is 6.22. The SMILES string of the molecule is N=C(NO)c1ccc2c(c1)ncn2-c1cccc(-c2cccnc2Cl)c1. The van der Waals surface area contributed by atoms with Crippen LogP contribution in [0, 0.1) is 5.41 Å². The van der Waals surface area contributed by atoms with E-state index >= 15 is 0 Å². The lowest BCUT2D eigenvalue weighted by molar-refractivity contribution is 0.234. The molecule has 0 fully saturated rings. The summed E-state index contributed by atoms with van der Waals surface area (Å²) in [5, 5.41) is 17.0. The van der Waals surface area contributed by atoms with Crippen molar-refractivity contribution in [3.63, 3.8) is 0 Å². The molecule has 0 radical (unpaired) electrons. The van der Waals surface area contributed by atoms with E-state index in [0.29, 0.717) is 10.7 Å². The third-order valence-corrected chi connectivity index (χ3v) is 4.44. The van der Waals surface area contributed by atoms with Crippen molar-refractivity contribution in [3.8, 4) is 16.8 Å². The van der Waals surface area contributed by atoms with Gasteiger partial charge < -0.3 is 0 Å². The number of hydroxylamine groups is 1. The third kappa shape index (κ3) is 2.81. The second-order valence-corrected chi connectivity index (χ2v) is 6.05. The number of benzene rings is 2. The minimum absolute atomic E-state index is 0.0744. The highest BCUT2D eigenvalue weighted by atomic mass is 35.5. The zero-order valence-corrected chi connectivity index (χ0v) is 14.3. The molecule has 0 saturated carbocycles. The van der Waals surface area contributed by atoms with Crippen LogP contribution in [0.4, 0.5) is 0 Å². The van der Waals surface area contributed by atoms with Crippen LogP contribution in [0.3, 0.4) is 0 Å². The number of nitrogens with one attached hydrogen (secondary N) is 2. The lowest BCUT2D eigenvalue weighted by Gasteiger charge is -2.09. The van der Waals surface area contributed by atoms with Gasteiger partial charge in [0.1, 0.15) is 17.3 Å². The van der Waals surface area contributed by atoms with Gasteiger partial charge in [-0.25, -0.2) is 9.97 Å². The topological polar surface area (TPSA) is 86.8 Å². The van der Waals surface area contributed by atoms with Gasteiger partial charge in [0.05, 0.1) is 11.0 Å². The second kappa shape index (κ2) is 6.59. The van der Waals surface area contributed by atoms with Crippen LogP contribution in [0.5, 0.6) is 0 Å². The van der Waals surface area contributed by atoms with E-state index < -0.39 is 0 Å². The quantitative estimate of drug-likeness (QED) is 0.222. The summed E-state index contributed by atoms with van der Waals surface area (Å²) in [4.78, 5) is 8.54. The Morgan fingerprint density at radius 2 is 1.96 bits per heavy atom. The highest BCUT2D eigenvalue weighted by Gasteiger charge is 2.10. The second-order valence-electron chi connectivity index (χ2n) is 5.70. The summed E-state index contributed by atoms with van der Waals surface area (Å²) in [7, 11) is 0. The molecule has 2 aromatic heterocycles. The van der Waals surface area contributed by atoms with Crippen LogP contribution in [0.15, 0.2) is 67.1 Å². The Bertz CT molecular complexity index is 1120. The van der Waals surface area contributed by atoms with Gasteiger partial charge in [-0.2, -0.15) is 0 Å². The van der Waals surface area contributed by atoms with Crippen LogP contribution >= 0.6 is 11.6 Å². The zero-order valence-electron chi connectivity index (χ0n) is 13.5. The normalized spacial score (nSPS) is 10.8.